The molecule has 4 heteroatoms. The molecule has 0 radical (unpaired) electrons. The molecule has 0 aromatic rings. The molecule has 86 valence electrons. The van der Waals surface area contributed by atoms with Crippen LogP contribution in [-0.2, 0) is 9.84 Å². The molecule has 3 nitrogen and oxygen atoms in total. The molecule has 1 N–H and O–H groups in total. The summed E-state index contributed by atoms with van der Waals surface area (Å²) in [6.45, 7) is 7.78. The summed E-state index contributed by atoms with van der Waals surface area (Å²) in [4.78, 5) is 0. The molecule has 0 aliphatic carbocycles. The smallest absolute Gasteiger partial charge is 0.152 e. The van der Waals surface area contributed by atoms with Crippen LogP contribution in [0.2, 0.25) is 0 Å². The Morgan fingerprint density at radius 3 is 2.00 bits per heavy atom. The van der Waals surface area contributed by atoms with Crippen LogP contribution in [0.25, 0.3) is 0 Å². The lowest BCUT2D eigenvalue weighted by Gasteiger charge is -2.22. The minimum atomic E-state index is -3.12. The first-order valence-electron chi connectivity index (χ1n) is 4.91. The van der Waals surface area contributed by atoms with Crippen molar-refractivity contribution in [3.63, 3.8) is 0 Å². The summed E-state index contributed by atoms with van der Waals surface area (Å²) in [5, 5.41) is 8.98. The van der Waals surface area contributed by atoms with E-state index in [9.17, 15) is 13.5 Å². The molecule has 2 unspecified atom stereocenters. The molecular weight excluding hydrogens is 200 g/mol. The van der Waals surface area contributed by atoms with Crippen molar-refractivity contribution in [2.75, 3.05) is 6.26 Å². The van der Waals surface area contributed by atoms with E-state index in [1.807, 2.05) is 0 Å². The van der Waals surface area contributed by atoms with Gasteiger partial charge in [0, 0.05) is 6.26 Å². The standard InChI is InChI=1S/C10H22O3S/c1-8(14(5,12)13)9(11)6-7-10(2,3)4/h8-9,11H,6-7H2,1-5H3. The van der Waals surface area contributed by atoms with E-state index in [2.05, 4.69) is 20.8 Å². The molecule has 0 saturated carbocycles. The van der Waals surface area contributed by atoms with Crippen LogP contribution in [0.15, 0.2) is 0 Å². The Morgan fingerprint density at radius 1 is 1.29 bits per heavy atom. The number of rotatable bonds is 4. The fraction of sp³-hybridized carbons (Fsp3) is 1.00. The zero-order valence-electron chi connectivity index (χ0n) is 9.74. The van der Waals surface area contributed by atoms with E-state index < -0.39 is 21.2 Å². The predicted octanol–water partition coefficient (Wildman–Crippen LogP) is 1.61. The lowest BCUT2D eigenvalue weighted by molar-refractivity contribution is 0.144. The Kier molecular flexibility index (Phi) is 4.59. The molecule has 0 amide bonds. The van der Waals surface area contributed by atoms with Crippen molar-refractivity contribution in [1.82, 2.24) is 0 Å². The summed E-state index contributed by atoms with van der Waals surface area (Å²) in [5.41, 5.74) is 0.137. The van der Waals surface area contributed by atoms with E-state index in [0.29, 0.717) is 6.42 Å². The Morgan fingerprint density at radius 2 is 1.71 bits per heavy atom. The van der Waals surface area contributed by atoms with Crippen molar-refractivity contribution in [2.24, 2.45) is 5.41 Å². The summed E-state index contributed by atoms with van der Waals surface area (Å²) < 4.78 is 22.3. The van der Waals surface area contributed by atoms with Crippen molar-refractivity contribution in [3.05, 3.63) is 0 Å². The van der Waals surface area contributed by atoms with Gasteiger partial charge in [-0.15, -0.1) is 0 Å². The second kappa shape index (κ2) is 4.62. The molecule has 0 bridgehead atoms. The minimum Gasteiger partial charge on any atom is -0.392 e. The molecule has 0 aromatic heterocycles. The SMILES string of the molecule is CC(C(O)CCC(C)(C)C)S(C)(=O)=O. The average molecular weight is 222 g/mol. The van der Waals surface area contributed by atoms with Gasteiger partial charge in [-0.2, -0.15) is 0 Å². The summed E-state index contributed by atoms with van der Waals surface area (Å²) in [6, 6.07) is 0. The largest absolute Gasteiger partial charge is 0.392 e. The highest BCUT2D eigenvalue weighted by molar-refractivity contribution is 7.91. The van der Waals surface area contributed by atoms with Crippen LogP contribution in [-0.4, -0.2) is 31.1 Å². The van der Waals surface area contributed by atoms with Crippen molar-refractivity contribution in [3.8, 4) is 0 Å². The second-order valence-corrected chi connectivity index (χ2v) is 7.60. The van der Waals surface area contributed by atoms with Gasteiger partial charge >= 0.3 is 0 Å². The number of aliphatic hydroxyl groups is 1. The summed E-state index contributed by atoms with van der Waals surface area (Å²) in [7, 11) is -3.12. The van der Waals surface area contributed by atoms with Gasteiger partial charge < -0.3 is 5.11 Å². The number of sulfone groups is 1. The topological polar surface area (TPSA) is 54.4 Å². The third-order valence-corrected chi connectivity index (χ3v) is 4.07. The van der Waals surface area contributed by atoms with E-state index in [1.165, 1.54) is 0 Å². The van der Waals surface area contributed by atoms with Gasteiger partial charge in [0.2, 0.25) is 0 Å². The first-order chi connectivity index (χ1) is 6.04. The van der Waals surface area contributed by atoms with Gasteiger partial charge in [0.05, 0.1) is 11.4 Å². The van der Waals surface area contributed by atoms with E-state index in [1.54, 1.807) is 6.92 Å². The quantitative estimate of drug-likeness (QED) is 0.786. The molecule has 0 aliphatic heterocycles. The molecule has 0 aliphatic rings. The van der Waals surface area contributed by atoms with Crippen LogP contribution < -0.4 is 0 Å². The lowest BCUT2D eigenvalue weighted by Crippen LogP contribution is -2.31. The Balaban J connectivity index is 4.17. The fourth-order valence-corrected chi connectivity index (χ4v) is 1.81. The van der Waals surface area contributed by atoms with Crippen LogP contribution in [0.3, 0.4) is 0 Å². The number of hydrogen-bond acceptors (Lipinski definition) is 3. The van der Waals surface area contributed by atoms with E-state index >= 15 is 0 Å². The monoisotopic (exact) mass is 222 g/mol. The van der Waals surface area contributed by atoms with Crippen LogP contribution in [0.5, 0.6) is 0 Å². The first-order valence-corrected chi connectivity index (χ1v) is 6.86. The van der Waals surface area contributed by atoms with Crippen molar-refractivity contribution in [1.29, 1.82) is 0 Å². The highest BCUT2D eigenvalue weighted by Crippen LogP contribution is 2.23. The normalized spacial score (nSPS) is 17.9. The molecule has 0 spiro atoms. The minimum absolute atomic E-state index is 0.137. The number of aliphatic hydroxyl groups excluding tert-OH is 1. The van der Waals surface area contributed by atoms with Crippen LogP contribution in [0.4, 0.5) is 0 Å². The van der Waals surface area contributed by atoms with Crippen molar-refractivity contribution in [2.45, 2.75) is 51.9 Å². The molecule has 0 aromatic carbocycles. The highest BCUT2D eigenvalue weighted by atomic mass is 32.2. The third kappa shape index (κ3) is 5.60. The maximum atomic E-state index is 11.1. The average Bonchev–Trinajstić information content (AvgIpc) is 1.95. The maximum Gasteiger partial charge on any atom is 0.152 e. The van der Waals surface area contributed by atoms with Crippen molar-refractivity contribution < 1.29 is 13.5 Å². The van der Waals surface area contributed by atoms with Gasteiger partial charge in [0.15, 0.2) is 9.84 Å². The summed E-state index contributed by atoms with van der Waals surface area (Å²) >= 11 is 0. The Bertz CT molecular complexity index is 262. The molecule has 14 heavy (non-hydrogen) atoms. The molecule has 0 rings (SSSR count). The Hall–Kier alpha value is -0.0900. The van der Waals surface area contributed by atoms with Crippen LogP contribution in [0.1, 0.15) is 40.5 Å². The van der Waals surface area contributed by atoms with Gasteiger partial charge in [-0.05, 0) is 25.2 Å². The molecule has 2 atom stereocenters. The van der Waals surface area contributed by atoms with Gasteiger partial charge in [0.1, 0.15) is 0 Å². The second-order valence-electron chi connectivity index (χ2n) is 5.20. The van der Waals surface area contributed by atoms with Crippen LogP contribution in [0, 0.1) is 5.41 Å². The van der Waals surface area contributed by atoms with E-state index in [0.717, 1.165) is 12.7 Å². The van der Waals surface area contributed by atoms with Crippen LogP contribution >= 0.6 is 0 Å². The predicted molar refractivity (Wildman–Crippen MR) is 59.0 cm³/mol. The molecule has 0 fully saturated rings. The Labute approximate surface area is 87.4 Å². The third-order valence-electron chi connectivity index (χ3n) is 2.41. The highest BCUT2D eigenvalue weighted by Gasteiger charge is 2.25. The van der Waals surface area contributed by atoms with Gasteiger partial charge in [-0.3, -0.25) is 0 Å². The molecule has 0 saturated heterocycles. The van der Waals surface area contributed by atoms with Crippen molar-refractivity contribution >= 4 is 9.84 Å². The van der Waals surface area contributed by atoms with Gasteiger partial charge in [-0.1, -0.05) is 20.8 Å². The molecule has 0 heterocycles. The summed E-state index contributed by atoms with van der Waals surface area (Å²) in [5.74, 6) is 0. The fourth-order valence-electron chi connectivity index (χ4n) is 1.10. The zero-order valence-corrected chi connectivity index (χ0v) is 10.6. The summed E-state index contributed by atoms with van der Waals surface area (Å²) in [6.07, 6.45) is 1.79. The van der Waals surface area contributed by atoms with E-state index in [-0.39, 0.29) is 5.41 Å². The number of hydrogen-bond donors (Lipinski definition) is 1. The van der Waals surface area contributed by atoms with Gasteiger partial charge in [-0.25, -0.2) is 8.42 Å². The maximum absolute atomic E-state index is 11.1. The molecular formula is C10H22O3S. The van der Waals surface area contributed by atoms with Gasteiger partial charge in [0.25, 0.3) is 0 Å². The lowest BCUT2D eigenvalue weighted by atomic mass is 9.89. The van der Waals surface area contributed by atoms with E-state index in [4.69, 9.17) is 0 Å². The zero-order chi connectivity index (χ0) is 11.6. The first kappa shape index (κ1) is 13.9.